The van der Waals surface area contributed by atoms with Gasteiger partial charge in [-0.2, -0.15) is 0 Å². The summed E-state index contributed by atoms with van der Waals surface area (Å²) < 4.78 is 31.0. The van der Waals surface area contributed by atoms with Crippen LogP contribution in [0.1, 0.15) is 36.7 Å². The predicted molar refractivity (Wildman–Crippen MR) is 98.0 cm³/mol. The molecule has 25 heavy (non-hydrogen) atoms. The monoisotopic (exact) mass is 364 g/mol. The van der Waals surface area contributed by atoms with Crippen LogP contribution in [0.4, 0.5) is 5.69 Å². The molecule has 0 aliphatic carbocycles. The molecule has 136 valence electrons. The number of anilines is 1. The molecule has 0 radical (unpaired) electrons. The molecule has 7 heteroatoms. The van der Waals surface area contributed by atoms with Gasteiger partial charge in [0.2, 0.25) is 15.9 Å². The van der Waals surface area contributed by atoms with Gasteiger partial charge in [0.1, 0.15) is 12.3 Å². The van der Waals surface area contributed by atoms with E-state index >= 15 is 0 Å². The van der Waals surface area contributed by atoms with Crippen molar-refractivity contribution >= 4 is 21.6 Å². The molecule has 1 heterocycles. The van der Waals surface area contributed by atoms with Gasteiger partial charge < -0.3 is 9.73 Å². The Hall–Kier alpha value is -2.28. The number of carbonyl (C=O) groups excluding carboxylic acids is 1. The zero-order chi connectivity index (χ0) is 18.6. The summed E-state index contributed by atoms with van der Waals surface area (Å²) in [6.45, 7) is 5.78. The van der Waals surface area contributed by atoms with Crippen molar-refractivity contribution in [2.45, 2.75) is 33.2 Å². The van der Waals surface area contributed by atoms with Crippen molar-refractivity contribution < 1.29 is 17.6 Å². The lowest BCUT2D eigenvalue weighted by molar-refractivity contribution is -0.119. The van der Waals surface area contributed by atoms with Gasteiger partial charge in [0.15, 0.2) is 0 Å². The number of rotatable bonds is 7. The Balaban J connectivity index is 2.28. The van der Waals surface area contributed by atoms with Gasteiger partial charge >= 0.3 is 0 Å². The number of benzene rings is 1. The Kier molecular flexibility index (Phi) is 5.89. The van der Waals surface area contributed by atoms with Crippen LogP contribution in [0.15, 0.2) is 41.0 Å². The van der Waals surface area contributed by atoms with E-state index < -0.39 is 10.0 Å². The largest absolute Gasteiger partial charge is 0.467 e. The molecule has 1 aromatic carbocycles. The fraction of sp³-hybridized carbons (Fsp3) is 0.389. The zero-order valence-electron chi connectivity index (χ0n) is 14.9. The Labute approximate surface area is 148 Å². The number of hydrogen-bond donors (Lipinski definition) is 1. The molecule has 2 rings (SSSR count). The predicted octanol–water partition coefficient (Wildman–Crippen LogP) is 2.79. The lowest BCUT2D eigenvalue weighted by Gasteiger charge is -2.27. The number of hydrogen-bond acceptors (Lipinski definition) is 4. The number of furan rings is 1. The van der Waals surface area contributed by atoms with Gasteiger partial charge in [0, 0.05) is 0 Å². The fourth-order valence-corrected chi connectivity index (χ4v) is 3.57. The van der Waals surface area contributed by atoms with Crippen LogP contribution in [0.2, 0.25) is 0 Å². The normalized spacial score (nSPS) is 11.6. The van der Waals surface area contributed by atoms with Crippen LogP contribution >= 0.6 is 0 Å². The second-order valence-corrected chi connectivity index (χ2v) is 8.20. The fourth-order valence-electron chi connectivity index (χ4n) is 2.64. The first kappa shape index (κ1) is 19.1. The summed E-state index contributed by atoms with van der Waals surface area (Å²) >= 11 is 0. The first-order chi connectivity index (χ1) is 11.7. The summed E-state index contributed by atoms with van der Waals surface area (Å²) in [6, 6.07) is 9.11. The Morgan fingerprint density at radius 3 is 2.52 bits per heavy atom. The van der Waals surface area contributed by atoms with E-state index in [2.05, 4.69) is 5.32 Å². The van der Waals surface area contributed by atoms with Gasteiger partial charge in [0.05, 0.1) is 24.8 Å². The summed E-state index contributed by atoms with van der Waals surface area (Å²) in [5.74, 6) is 0.350. The Morgan fingerprint density at radius 2 is 1.96 bits per heavy atom. The molecule has 0 saturated carbocycles. The number of para-hydroxylation sites is 1. The maximum atomic E-state index is 12.4. The first-order valence-electron chi connectivity index (χ1n) is 8.06. The lowest BCUT2D eigenvalue weighted by atomic mass is 9.98. The van der Waals surface area contributed by atoms with Crippen molar-refractivity contribution in [1.29, 1.82) is 0 Å². The van der Waals surface area contributed by atoms with Gasteiger partial charge in [0.25, 0.3) is 0 Å². The second kappa shape index (κ2) is 7.74. The summed E-state index contributed by atoms with van der Waals surface area (Å²) in [7, 11) is -3.61. The van der Waals surface area contributed by atoms with Crippen LogP contribution in [0, 0.1) is 6.92 Å². The van der Waals surface area contributed by atoms with Crippen LogP contribution < -0.4 is 9.62 Å². The topological polar surface area (TPSA) is 79.6 Å². The van der Waals surface area contributed by atoms with Gasteiger partial charge in [-0.3, -0.25) is 9.10 Å². The minimum Gasteiger partial charge on any atom is -0.467 e. The van der Waals surface area contributed by atoms with Gasteiger partial charge in [-0.05, 0) is 36.1 Å². The number of nitrogens with zero attached hydrogens (tertiary/aromatic N) is 1. The number of carbonyl (C=O) groups is 1. The van der Waals surface area contributed by atoms with Crippen molar-refractivity contribution in [2.75, 3.05) is 17.1 Å². The number of nitrogens with one attached hydrogen (secondary N) is 1. The molecule has 0 unspecified atom stereocenters. The molecule has 0 bridgehead atoms. The molecule has 0 saturated heterocycles. The molecule has 0 aliphatic rings. The minimum atomic E-state index is -3.61. The van der Waals surface area contributed by atoms with Gasteiger partial charge in [-0.1, -0.05) is 32.0 Å². The molecule has 2 aromatic rings. The zero-order valence-corrected chi connectivity index (χ0v) is 15.8. The highest BCUT2D eigenvalue weighted by Gasteiger charge is 2.25. The van der Waals surface area contributed by atoms with Crippen molar-refractivity contribution in [1.82, 2.24) is 5.32 Å². The highest BCUT2D eigenvalue weighted by Crippen LogP contribution is 2.32. The molecular weight excluding hydrogens is 340 g/mol. The van der Waals surface area contributed by atoms with E-state index in [1.165, 1.54) is 10.6 Å². The van der Waals surface area contributed by atoms with Crippen LogP contribution in [0.25, 0.3) is 0 Å². The average Bonchev–Trinajstić information content (AvgIpc) is 3.03. The molecule has 6 nitrogen and oxygen atoms in total. The molecule has 0 fully saturated rings. The molecule has 0 aliphatic heterocycles. The number of aryl methyl sites for hydroxylation is 1. The van der Waals surface area contributed by atoms with E-state index in [0.29, 0.717) is 11.4 Å². The maximum Gasteiger partial charge on any atom is 0.241 e. The average molecular weight is 364 g/mol. The highest BCUT2D eigenvalue weighted by atomic mass is 32.2. The summed E-state index contributed by atoms with van der Waals surface area (Å²) in [4.78, 5) is 12.3. The summed E-state index contributed by atoms with van der Waals surface area (Å²) in [5, 5.41) is 2.69. The number of amides is 1. The summed E-state index contributed by atoms with van der Waals surface area (Å²) in [6.07, 6.45) is 2.63. The van der Waals surface area contributed by atoms with Crippen LogP contribution in [0.3, 0.4) is 0 Å². The van der Waals surface area contributed by atoms with Crippen LogP contribution in [-0.2, 0) is 21.4 Å². The summed E-state index contributed by atoms with van der Waals surface area (Å²) in [5.41, 5.74) is 2.29. The molecule has 0 spiro atoms. The van der Waals surface area contributed by atoms with Crippen molar-refractivity contribution in [3.05, 3.63) is 53.5 Å². The third-order valence-corrected chi connectivity index (χ3v) is 4.98. The standard InChI is InChI=1S/C18H24N2O4S/c1-13(2)16-9-5-7-14(3)18(16)20(25(4,22)23)12-17(21)19-11-15-8-6-10-24-15/h5-10,13H,11-12H2,1-4H3,(H,19,21). The Bertz CT molecular complexity index is 827. The van der Waals surface area contributed by atoms with Crippen molar-refractivity contribution in [3.8, 4) is 0 Å². The van der Waals surface area contributed by atoms with Crippen molar-refractivity contribution in [3.63, 3.8) is 0 Å². The molecule has 0 atom stereocenters. The van der Waals surface area contributed by atoms with E-state index in [-0.39, 0.29) is 24.9 Å². The van der Waals surface area contributed by atoms with E-state index in [0.717, 1.165) is 17.4 Å². The molecular formula is C18H24N2O4S. The maximum absolute atomic E-state index is 12.4. The molecule has 1 amide bonds. The van der Waals surface area contributed by atoms with E-state index in [1.807, 2.05) is 39.0 Å². The van der Waals surface area contributed by atoms with Crippen LogP contribution in [-0.4, -0.2) is 27.1 Å². The third kappa shape index (κ3) is 4.85. The van der Waals surface area contributed by atoms with E-state index in [1.54, 1.807) is 12.1 Å². The first-order valence-corrected chi connectivity index (χ1v) is 9.91. The van der Waals surface area contributed by atoms with E-state index in [4.69, 9.17) is 4.42 Å². The van der Waals surface area contributed by atoms with Crippen LogP contribution in [0.5, 0.6) is 0 Å². The molecule has 1 N–H and O–H groups in total. The lowest BCUT2D eigenvalue weighted by Crippen LogP contribution is -2.41. The third-order valence-electron chi connectivity index (χ3n) is 3.87. The van der Waals surface area contributed by atoms with Gasteiger partial charge in [-0.25, -0.2) is 8.42 Å². The minimum absolute atomic E-state index is 0.130. The molecule has 1 aromatic heterocycles. The van der Waals surface area contributed by atoms with E-state index in [9.17, 15) is 13.2 Å². The van der Waals surface area contributed by atoms with Gasteiger partial charge in [-0.15, -0.1) is 0 Å². The second-order valence-electron chi connectivity index (χ2n) is 6.29. The smallest absolute Gasteiger partial charge is 0.241 e. The van der Waals surface area contributed by atoms with Crippen molar-refractivity contribution in [2.24, 2.45) is 0 Å². The Morgan fingerprint density at radius 1 is 1.24 bits per heavy atom. The SMILES string of the molecule is Cc1cccc(C(C)C)c1N(CC(=O)NCc1ccco1)S(C)(=O)=O. The highest BCUT2D eigenvalue weighted by molar-refractivity contribution is 7.92. The quantitative estimate of drug-likeness (QED) is 0.819. The number of sulfonamides is 1.